The Bertz CT molecular complexity index is 1830. The number of hydrogen-bond acceptors (Lipinski definition) is 8. The molecule has 3 N–H and O–H groups in total. The highest BCUT2D eigenvalue weighted by Crippen LogP contribution is 2.45. The number of alkyl carbamates (subject to hydrolysis) is 1. The standard InChI is InChI=1S/C37H43N5O7S/c1-36(2,3)49-35(48)38-28-15-11-6-4-5-10-14-25-20-37(25,34(46)47)39-32(44)29-18-26(21-41(29)33(28)45)42-30(43)19-27(24-16-17-50-22-24)31(40-42)23-12-8-7-9-13-23/h7-10,12-14,16-17,19,22,25-26,28-29H,4-6,11,15,18,20-21H2,1-3H3,(H,38,48)(H,39,44)(H,46,47)/b14-10-/t25-,26+,28+,29+,37-/m1/s1. The lowest BCUT2D eigenvalue weighted by Gasteiger charge is -2.30. The number of carbonyl (C=O) groups excluding carboxylic acids is 3. The number of aliphatic carboxylic acids is 1. The van der Waals surface area contributed by atoms with Crippen molar-refractivity contribution >= 4 is 35.2 Å². The molecule has 12 nitrogen and oxygen atoms in total. The molecule has 6 rings (SSSR count). The van der Waals surface area contributed by atoms with Crippen molar-refractivity contribution in [2.75, 3.05) is 6.54 Å². The van der Waals surface area contributed by atoms with Gasteiger partial charge in [-0.25, -0.2) is 14.3 Å². The van der Waals surface area contributed by atoms with Crippen LogP contribution in [-0.4, -0.2) is 73.4 Å². The van der Waals surface area contributed by atoms with E-state index in [-0.39, 0.29) is 25.3 Å². The molecule has 13 heteroatoms. The quantitative estimate of drug-likeness (QED) is 0.308. The van der Waals surface area contributed by atoms with Gasteiger partial charge in [-0.05, 0) is 68.8 Å². The fraction of sp³-hybridized carbons (Fsp3) is 0.459. The maximum absolute atomic E-state index is 14.4. The molecule has 0 spiro atoms. The summed E-state index contributed by atoms with van der Waals surface area (Å²) in [6, 6.07) is 10.1. The number of benzene rings is 1. The number of fused-ring (bicyclic) bond motifs is 2. The van der Waals surface area contributed by atoms with Crippen LogP contribution >= 0.6 is 11.3 Å². The summed E-state index contributed by atoms with van der Waals surface area (Å²) >= 11 is 1.50. The molecule has 3 amide bonds. The molecule has 264 valence electrons. The molecule has 1 aromatic carbocycles. The van der Waals surface area contributed by atoms with Crippen LogP contribution in [0.25, 0.3) is 22.4 Å². The van der Waals surface area contributed by atoms with Crippen molar-refractivity contribution < 1.29 is 29.0 Å². The minimum Gasteiger partial charge on any atom is -0.479 e. The number of ether oxygens (including phenoxy) is 1. The third-order valence-corrected chi connectivity index (χ3v) is 10.2. The van der Waals surface area contributed by atoms with Gasteiger partial charge in [0.1, 0.15) is 23.2 Å². The summed E-state index contributed by atoms with van der Waals surface area (Å²) in [5, 5.41) is 24.4. The molecule has 0 unspecified atom stereocenters. The molecule has 50 heavy (non-hydrogen) atoms. The first-order chi connectivity index (χ1) is 23.9. The Morgan fingerprint density at radius 2 is 1.86 bits per heavy atom. The average molecular weight is 702 g/mol. The van der Waals surface area contributed by atoms with E-state index in [9.17, 15) is 29.1 Å². The Hall–Kier alpha value is -4.78. The molecule has 1 saturated heterocycles. The van der Waals surface area contributed by atoms with Crippen LogP contribution in [0.3, 0.4) is 0 Å². The number of aromatic nitrogens is 2. The highest BCUT2D eigenvalue weighted by molar-refractivity contribution is 7.08. The first kappa shape index (κ1) is 35.1. The zero-order chi connectivity index (χ0) is 35.6. The second-order valence-corrected chi connectivity index (χ2v) is 15.1. The van der Waals surface area contributed by atoms with E-state index >= 15 is 0 Å². The molecule has 2 fully saturated rings. The summed E-state index contributed by atoms with van der Waals surface area (Å²) in [7, 11) is 0. The Kier molecular flexibility index (Phi) is 9.97. The zero-order valence-electron chi connectivity index (χ0n) is 28.5. The molecule has 3 aromatic rings. The van der Waals surface area contributed by atoms with E-state index in [1.165, 1.54) is 27.0 Å². The predicted octanol–water partition coefficient (Wildman–Crippen LogP) is 5.15. The lowest BCUT2D eigenvalue weighted by atomic mass is 10.0. The summed E-state index contributed by atoms with van der Waals surface area (Å²) in [5.41, 5.74) is 0.203. The summed E-state index contributed by atoms with van der Waals surface area (Å²) < 4.78 is 6.81. The van der Waals surface area contributed by atoms with Gasteiger partial charge in [-0.15, -0.1) is 0 Å². The van der Waals surface area contributed by atoms with Crippen LogP contribution in [0.2, 0.25) is 0 Å². The van der Waals surface area contributed by atoms with Crippen LogP contribution in [0, 0.1) is 5.92 Å². The first-order valence-corrected chi connectivity index (χ1v) is 18.0. The summed E-state index contributed by atoms with van der Waals surface area (Å²) in [4.78, 5) is 69.1. The maximum atomic E-state index is 14.4. The van der Waals surface area contributed by atoms with Crippen molar-refractivity contribution in [2.45, 2.75) is 95.0 Å². The largest absolute Gasteiger partial charge is 0.479 e. The van der Waals surface area contributed by atoms with Gasteiger partial charge >= 0.3 is 12.1 Å². The molecule has 1 saturated carbocycles. The van der Waals surface area contributed by atoms with Crippen LogP contribution in [0.5, 0.6) is 0 Å². The van der Waals surface area contributed by atoms with Crippen molar-refractivity contribution in [1.82, 2.24) is 25.3 Å². The second kappa shape index (κ2) is 14.2. The van der Waals surface area contributed by atoms with Crippen LogP contribution < -0.4 is 16.2 Å². The lowest BCUT2D eigenvalue weighted by Crippen LogP contribution is -2.56. The summed E-state index contributed by atoms with van der Waals surface area (Å²) in [6.45, 7) is 5.13. The number of nitrogens with one attached hydrogen (secondary N) is 2. The fourth-order valence-electron chi connectivity index (χ4n) is 6.88. The second-order valence-electron chi connectivity index (χ2n) is 14.3. The number of allylic oxidation sites excluding steroid dienone is 1. The lowest BCUT2D eigenvalue weighted by molar-refractivity contribution is -0.145. The molecule has 0 bridgehead atoms. The number of rotatable bonds is 5. The minimum atomic E-state index is -1.48. The van der Waals surface area contributed by atoms with E-state index in [0.717, 1.165) is 30.4 Å². The first-order valence-electron chi connectivity index (χ1n) is 17.1. The number of carbonyl (C=O) groups is 4. The van der Waals surface area contributed by atoms with Gasteiger partial charge in [0.25, 0.3) is 5.56 Å². The van der Waals surface area contributed by atoms with E-state index in [1.807, 2.05) is 59.3 Å². The summed E-state index contributed by atoms with van der Waals surface area (Å²) in [6.07, 6.45) is 6.56. The van der Waals surface area contributed by atoms with Gasteiger partial charge < -0.3 is 25.4 Å². The van der Waals surface area contributed by atoms with Crippen LogP contribution in [0.4, 0.5) is 4.79 Å². The Morgan fingerprint density at radius 1 is 1.08 bits per heavy atom. The molecular formula is C37H43N5O7S. The number of carboxylic acid groups (broad SMARTS) is 1. The molecule has 4 heterocycles. The maximum Gasteiger partial charge on any atom is 0.408 e. The molecule has 2 aliphatic heterocycles. The fourth-order valence-corrected chi connectivity index (χ4v) is 7.54. The zero-order valence-corrected chi connectivity index (χ0v) is 29.3. The topological polar surface area (TPSA) is 160 Å². The van der Waals surface area contributed by atoms with Crippen LogP contribution in [-0.2, 0) is 19.1 Å². The minimum absolute atomic E-state index is 0.0197. The highest BCUT2D eigenvalue weighted by Gasteiger charge is 2.61. The van der Waals surface area contributed by atoms with Crippen molar-refractivity contribution in [1.29, 1.82) is 0 Å². The van der Waals surface area contributed by atoms with E-state index in [4.69, 9.17) is 9.84 Å². The predicted molar refractivity (Wildman–Crippen MR) is 188 cm³/mol. The van der Waals surface area contributed by atoms with Gasteiger partial charge in [0.2, 0.25) is 11.8 Å². The monoisotopic (exact) mass is 701 g/mol. The van der Waals surface area contributed by atoms with Crippen molar-refractivity contribution in [3.63, 3.8) is 0 Å². The SMILES string of the molecule is CC(C)(C)OC(=O)N[C@H]1CCCCC/C=C\[C@@H]2C[C@@]2(C(=O)O)NC(=O)[C@@H]2C[C@H](n3nc(-c4ccccc4)c(-c4ccsc4)cc3=O)CN2C1=O. The number of hydrogen-bond donors (Lipinski definition) is 3. The number of nitrogens with zero attached hydrogens (tertiary/aromatic N) is 3. The van der Waals surface area contributed by atoms with Gasteiger partial charge in [-0.2, -0.15) is 16.4 Å². The van der Waals surface area contributed by atoms with E-state index in [2.05, 4.69) is 10.6 Å². The van der Waals surface area contributed by atoms with Gasteiger partial charge in [-0.1, -0.05) is 55.3 Å². The average Bonchev–Trinajstić information content (AvgIpc) is 3.39. The molecular weight excluding hydrogens is 659 g/mol. The Balaban J connectivity index is 1.38. The number of thiophene rings is 1. The number of amides is 3. The third-order valence-electron chi connectivity index (χ3n) is 9.51. The van der Waals surface area contributed by atoms with Gasteiger partial charge in [0.15, 0.2) is 0 Å². The number of carboxylic acids is 1. The normalized spacial score (nSPS) is 26.4. The molecule has 2 aromatic heterocycles. The van der Waals surface area contributed by atoms with Gasteiger partial charge in [0.05, 0.1) is 11.7 Å². The molecule has 3 aliphatic rings. The Morgan fingerprint density at radius 3 is 2.56 bits per heavy atom. The van der Waals surface area contributed by atoms with Crippen molar-refractivity contribution in [2.24, 2.45) is 5.92 Å². The van der Waals surface area contributed by atoms with Crippen LogP contribution in [0.1, 0.15) is 71.8 Å². The van der Waals surface area contributed by atoms with E-state index < -0.39 is 58.7 Å². The molecule has 5 atom stereocenters. The summed E-state index contributed by atoms with van der Waals surface area (Å²) in [5.74, 6) is -2.65. The van der Waals surface area contributed by atoms with Gasteiger partial charge in [0, 0.05) is 36.1 Å². The van der Waals surface area contributed by atoms with E-state index in [1.54, 1.807) is 20.8 Å². The molecule has 1 aliphatic carbocycles. The van der Waals surface area contributed by atoms with Crippen molar-refractivity contribution in [3.05, 3.63) is 75.7 Å². The molecule has 0 radical (unpaired) electrons. The smallest absolute Gasteiger partial charge is 0.408 e. The highest BCUT2D eigenvalue weighted by atomic mass is 32.1. The third kappa shape index (κ3) is 7.52. The van der Waals surface area contributed by atoms with E-state index in [0.29, 0.717) is 24.1 Å². The van der Waals surface area contributed by atoms with Crippen molar-refractivity contribution in [3.8, 4) is 22.4 Å². The van der Waals surface area contributed by atoms with Crippen LogP contribution in [0.15, 0.2) is 70.2 Å². The van der Waals surface area contributed by atoms with Gasteiger partial charge in [-0.3, -0.25) is 14.4 Å². The Labute approximate surface area is 294 Å².